The molecule has 0 fully saturated rings. The van der Waals surface area contributed by atoms with Crippen molar-refractivity contribution in [3.8, 4) is 33.8 Å². The monoisotopic (exact) mass is 520 g/mol. The summed E-state index contributed by atoms with van der Waals surface area (Å²) in [4.78, 5) is 26.2. The summed E-state index contributed by atoms with van der Waals surface area (Å²) in [6, 6.07) is 27.5. The topological polar surface area (TPSA) is 93.1 Å². The van der Waals surface area contributed by atoms with E-state index in [1.165, 1.54) is 0 Å². The van der Waals surface area contributed by atoms with Gasteiger partial charge in [-0.1, -0.05) is 91.0 Å². The van der Waals surface area contributed by atoms with E-state index in [0.717, 1.165) is 5.56 Å². The molecular weight excluding hydrogens is 492 g/mol. The summed E-state index contributed by atoms with van der Waals surface area (Å²) < 4.78 is 10.6. The summed E-state index contributed by atoms with van der Waals surface area (Å²) in [7, 11) is 0. The lowest BCUT2D eigenvalue weighted by Gasteiger charge is -2.20. The van der Waals surface area contributed by atoms with Gasteiger partial charge < -0.3 is 19.7 Å². The fourth-order valence-electron chi connectivity index (χ4n) is 5.31. The molecule has 2 N–H and O–H groups in total. The quantitative estimate of drug-likeness (QED) is 0.228. The number of rotatable bonds is 7. The lowest BCUT2D eigenvalue weighted by atomic mass is 9.82. The van der Waals surface area contributed by atoms with Crippen LogP contribution in [0.2, 0.25) is 0 Å². The Labute approximate surface area is 226 Å². The van der Waals surface area contributed by atoms with Crippen molar-refractivity contribution in [2.45, 2.75) is 19.8 Å². The Balaban J connectivity index is 1.90. The van der Waals surface area contributed by atoms with Gasteiger partial charge in [0, 0.05) is 28.2 Å². The third-order valence-electron chi connectivity index (χ3n) is 6.85. The average molecular weight is 521 g/mol. The lowest BCUT2D eigenvalue weighted by molar-refractivity contribution is 0.0514. The van der Waals surface area contributed by atoms with E-state index in [1.54, 1.807) is 38.1 Å². The largest absolute Gasteiger partial charge is 0.507 e. The highest BCUT2D eigenvalue weighted by Crippen LogP contribution is 2.55. The molecule has 4 aliphatic rings. The molecular formula is C33H28O6. The van der Waals surface area contributed by atoms with E-state index in [2.05, 4.69) is 0 Å². The highest BCUT2D eigenvalue weighted by molar-refractivity contribution is 6.06. The van der Waals surface area contributed by atoms with Crippen LogP contribution in [0.1, 0.15) is 57.2 Å². The van der Waals surface area contributed by atoms with Gasteiger partial charge in [-0.3, -0.25) is 0 Å². The second kappa shape index (κ2) is 10.9. The Kier molecular flexibility index (Phi) is 7.19. The van der Waals surface area contributed by atoms with Gasteiger partial charge in [0.05, 0.1) is 13.2 Å². The summed E-state index contributed by atoms with van der Waals surface area (Å²) >= 11 is 0. The predicted molar refractivity (Wildman–Crippen MR) is 149 cm³/mol. The molecule has 1 aromatic carbocycles. The van der Waals surface area contributed by atoms with Crippen molar-refractivity contribution in [2.75, 3.05) is 13.2 Å². The van der Waals surface area contributed by atoms with Crippen molar-refractivity contribution in [1.82, 2.24) is 0 Å². The van der Waals surface area contributed by atoms with Gasteiger partial charge in [0.2, 0.25) is 0 Å². The van der Waals surface area contributed by atoms with E-state index in [1.807, 2.05) is 66.7 Å². The molecule has 0 atom stereocenters. The zero-order valence-electron chi connectivity index (χ0n) is 21.7. The van der Waals surface area contributed by atoms with Crippen LogP contribution in [0.3, 0.4) is 0 Å². The number of aromatic hydroxyl groups is 2. The van der Waals surface area contributed by atoms with Crippen LogP contribution < -0.4 is 0 Å². The van der Waals surface area contributed by atoms with Crippen LogP contribution >= 0.6 is 0 Å². The van der Waals surface area contributed by atoms with Crippen molar-refractivity contribution < 1.29 is 29.3 Å². The number of ether oxygens (including phenoxy) is 2. The van der Waals surface area contributed by atoms with E-state index in [9.17, 15) is 19.8 Å². The predicted octanol–water partition coefficient (Wildman–Crippen LogP) is 6.84. The van der Waals surface area contributed by atoms with Gasteiger partial charge in [-0.25, -0.2) is 9.59 Å². The minimum Gasteiger partial charge on any atom is -0.507 e. The molecule has 0 saturated carbocycles. The van der Waals surface area contributed by atoms with Gasteiger partial charge >= 0.3 is 11.9 Å². The Morgan fingerprint density at radius 3 is 1.33 bits per heavy atom. The fourth-order valence-corrected chi connectivity index (χ4v) is 5.31. The first-order valence-electron chi connectivity index (χ1n) is 12.9. The second-order valence-electron chi connectivity index (χ2n) is 9.04. The number of benzene rings is 1. The van der Waals surface area contributed by atoms with Crippen LogP contribution in [0.4, 0.5) is 0 Å². The maximum atomic E-state index is 13.1. The number of hydrogen-bond acceptors (Lipinski definition) is 6. The molecule has 0 aliphatic heterocycles. The zero-order chi connectivity index (χ0) is 27.5. The number of carbonyl (C=O) groups is 2. The standard InChI is InChI=1S/C33H28O6/c1-3-38-32(36)28-23-18-12-6-10-16-21(23)26(30(28)34)25(20-14-8-5-9-15-20)27-22-17-11-7-13-19-24(22)29(31(27)35)33(37)39-4-2/h5-19,25,34-35H,3-4H2,1-2H3. The molecule has 0 aromatic heterocycles. The van der Waals surface area contributed by atoms with Crippen LogP contribution in [0.25, 0.3) is 22.3 Å². The summed E-state index contributed by atoms with van der Waals surface area (Å²) in [5, 5.41) is 23.4. The molecule has 4 aliphatic carbocycles. The zero-order valence-corrected chi connectivity index (χ0v) is 21.7. The first-order valence-corrected chi connectivity index (χ1v) is 12.9. The number of carbonyl (C=O) groups excluding carboxylic acids is 2. The van der Waals surface area contributed by atoms with Crippen LogP contribution in [0.15, 0.2) is 91.0 Å². The number of hydrogen-bond donors (Lipinski definition) is 2. The first kappa shape index (κ1) is 25.8. The molecule has 6 heteroatoms. The van der Waals surface area contributed by atoms with Crippen molar-refractivity contribution in [1.29, 1.82) is 0 Å². The van der Waals surface area contributed by atoms with Crippen molar-refractivity contribution in [3.63, 3.8) is 0 Å². The SMILES string of the molecule is CCOC(=O)c1c2cccccc-2c(C(c2ccccc2)c2c3cccccc-3c(C(=O)OCC)c2O)c1O. The van der Waals surface area contributed by atoms with E-state index in [-0.39, 0.29) is 35.8 Å². The van der Waals surface area contributed by atoms with Crippen LogP contribution in [-0.4, -0.2) is 35.4 Å². The van der Waals surface area contributed by atoms with Crippen molar-refractivity contribution in [3.05, 3.63) is 119 Å². The highest BCUT2D eigenvalue weighted by atomic mass is 16.5. The van der Waals surface area contributed by atoms with E-state index in [4.69, 9.17) is 9.47 Å². The van der Waals surface area contributed by atoms with Gasteiger partial charge in [-0.05, 0) is 30.5 Å². The number of esters is 2. The third-order valence-corrected chi connectivity index (χ3v) is 6.85. The molecule has 0 unspecified atom stereocenters. The van der Waals surface area contributed by atoms with Crippen molar-refractivity contribution in [2.24, 2.45) is 0 Å². The number of fused-ring (bicyclic) bond motifs is 2. The van der Waals surface area contributed by atoms with Crippen LogP contribution in [-0.2, 0) is 9.47 Å². The first-order chi connectivity index (χ1) is 19.0. The van der Waals surface area contributed by atoms with E-state index >= 15 is 0 Å². The molecule has 0 amide bonds. The van der Waals surface area contributed by atoms with Gasteiger partial charge in [-0.15, -0.1) is 0 Å². The van der Waals surface area contributed by atoms with Crippen LogP contribution in [0, 0.1) is 0 Å². The van der Waals surface area contributed by atoms with Gasteiger partial charge in [-0.2, -0.15) is 0 Å². The summed E-state index contributed by atoms with van der Waals surface area (Å²) in [6.07, 6.45) is 0. The summed E-state index contributed by atoms with van der Waals surface area (Å²) in [5.74, 6) is -2.48. The Hall–Kier alpha value is -4.84. The Bertz CT molecular complexity index is 1490. The van der Waals surface area contributed by atoms with Gasteiger partial charge in [0.15, 0.2) is 0 Å². The molecule has 5 rings (SSSR count). The Morgan fingerprint density at radius 2 is 0.949 bits per heavy atom. The average Bonchev–Trinajstić information content (AvgIpc) is 3.13. The maximum absolute atomic E-state index is 13.1. The van der Waals surface area contributed by atoms with Gasteiger partial charge in [0.1, 0.15) is 22.6 Å². The molecule has 0 saturated heterocycles. The minimum absolute atomic E-state index is 0.0607. The normalized spacial score (nSPS) is 11.2. The molecule has 0 radical (unpaired) electrons. The van der Waals surface area contributed by atoms with E-state index < -0.39 is 17.9 Å². The molecule has 1 aromatic rings. The molecule has 0 spiro atoms. The highest BCUT2D eigenvalue weighted by Gasteiger charge is 2.38. The minimum atomic E-state index is -0.743. The summed E-state index contributed by atoms with van der Waals surface area (Å²) in [6.45, 7) is 3.71. The fraction of sp³-hybridized carbons (Fsp3) is 0.152. The molecule has 39 heavy (non-hydrogen) atoms. The molecule has 196 valence electrons. The second-order valence-corrected chi connectivity index (χ2v) is 9.04. The molecule has 6 nitrogen and oxygen atoms in total. The van der Waals surface area contributed by atoms with E-state index in [0.29, 0.717) is 33.4 Å². The Morgan fingerprint density at radius 1 is 0.590 bits per heavy atom. The molecule has 0 heterocycles. The summed E-state index contributed by atoms with van der Waals surface area (Å²) in [5.41, 5.74) is 4.04. The van der Waals surface area contributed by atoms with Crippen molar-refractivity contribution >= 4 is 11.9 Å². The lowest BCUT2D eigenvalue weighted by Crippen LogP contribution is -2.06. The smallest absolute Gasteiger partial charge is 0.342 e. The van der Waals surface area contributed by atoms with Crippen LogP contribution in [0.5, 0.6) is 11.5 Å². The maximum Gasteiger partial charge on any atom is 0.342 e. The third kappa shape index (κ3) is 4.44. The molecule has 0 bridgehead atoms. The van der Waals surface area contributed by atoms with Gasteiger partial charge in [0.25, 0.3) is 0 Å².